The molecule has 0 aliphatic heterocycles. The van der Waals surface area contributed by atoms with Gasteiger partial charge in [0.1, 0.15) is 0 Å². The van der Waals surface area contributed by atoms with Gasteiger partial charge >= 0.3 is 11.9 Å². The van der Waals surface area contributed by atoms with Crippen LogP contribution in [0.5, 0.6) is 0 Å². The molecule has 0 radical (unpaired) electrons. The Morgan fingerprint density at radius 1 is 0.971 bits per heavy atom. The number of fused-ring (bicyclic) bond motifs is 1. The van der Waals surface area contributed by atoms with E-state index in [0.717, 1.165) is 0 Å². The number of ether oxygens (including phenoxy) is 2. The molecule has 0 amide bonds. The number of anilines is 1. The lowest BCUT2D eigenvalue weighted by Gasteiger charge is -2.44. The molecule has 1 aliphatic rings. The van der Waals surface area contributed by atoms with Crippen LogP contribution < -0.4 is 11.3 Å². The van der Waals surface area contributed by atoms with E-state index in [0.29, 0.717) is 23.2 Å². The first-order chi connectivity index (χ1) is 17.0. The van der Waals surface area contributed by atoms with Crippen LogP contribution in [0.25, 0.3) is 11.2 Å². The molecule has 5 rings (SSSR count). The van der Waals surface area contributed by atoms with Crippen molar-refractivity contribution < 1.29 is 19.1 Å². The normalized spacial score (nSPS) is 19.1. The average molecular weight is 473 g/mol. The highest BCUT2D eigenvalue weighted by molar-refractivity contribution is 5.89. The first kappa shape index (κ1) is 22.3. The number of carbonyl (C=O) groups is 2. The molecule has 2 aromatic heterocycles. The Bertz CT molecular complexity index is 1420. The SMILES string of the molecule is Nc1nc2c(ncn2[C@@H]2C[C@H](COC(=O)c3ccccc3)[C@H]2COC(=O)c2ccccc2)c(=O)[nH]1. The molecule has 3 N–H and O–H groups in total. The summed E-state index contributed by atoms with van der Waals surface area (Å²) in [6, 6.07) is 17.3. The minimum absolute atomic E-state index is 0.0102. The molecule has 4 aromatic rings. The van der Waals surface area contributed by atoms with Crippen molar-refractivity contribution in [1.82, 2.24) is 19.5 Å². The fourth-order valence-corrected chi connectivity index (χ4v) is 4.39. The number of nitrogen functional groups attached to an aromatic ring is 1. The minimum Gasteiger partial charge on any atom is -0.462 e. The molecule has 35 heavy (non-hydrogen) atoms. The van der Waals surface area contributed by atoms with Crippen LogP contribution in [0.4, 0.5) is 5.95 Å². The molecule has 10 heteroatoms. The summed E-state index contributed by atoms with van der Waals surface area (Å²) in [5, 5.41) is 0. The second-order valence-electron chi connectivity index (χ2n) is 8.43. The molecule has 1 fully saturated rings. The number of H-pyrrole nitrogens is 1. The summed E-state index contributed by atoms with van der Waals surface area (Å²) >= 11 is 0. The summed E-state index contributed by atoms with van der Waals surface area (Å²) in [6.45, 7) is 0.269. The van der Waals surface area contributed by atoms with E-state index in [1.807, 2.05) is 12.1 Å². The van der Waals surface area contributed by atoms with Crippen molar-refractivity contribution in [1.29, 1.82) is 0 Å². The summed E-state index contributed by atoms with van der Waals surface area (Å²) in [7, 11) is 0. The molecule has 1 saturated carbocycles. The average Bonchev–Trinajstić information content (AvgIpc) is 3.28. The topological polar surface area (TPSA) is 142 Å². The lowest BCUT2D eigenvalue weighted by molar-refractivity contribution is -0.0308. The van der Waals surface area contributed by atoms with E-state index >= 15 is 0 Å². The smallest absolute Gasteiger partial charge is 0.338 e. The molecule has 0 unspecified atom stereocenters. The van der Waals surface area contributed by atoms with Gasteiger partial charge in [-0.3, -0.25) is 9.78 Å². The van der Waals surface area contributed by atoms with Crippen molar-refractivity contribution in [2.75, 3.05) is 18.9 Å². The zero-order chi connectivity index (χ0) is 24.4. The van der Waals surface area contributed by atoms with Crippen LogP contribution in [0.3, 0.4) is 0 Å². The van der Waals surface area contributed by atoms with Gasteiger partial charge in [0.2, 0.25) is 5.95 Å². The van der Waals surface area contributed by atoms with E-state index < -0.39 is 17.5 Å². The molecular formula is C25H23N5O5. The second-order valence-corrected chi connectivity index (χ2v) is 8.43. The number of rotatable bonds is 7. The van der Waals surface area contributed by atoms with Crippen LogP contribution in [0, 0.1) is 11.8 Å². The Morgan fingerprint density at radius 3 is 2.20 bits per heavy atom. The Morgan fingerprint density at radius 2 is 1.57 bits per heavy atom. The van der Waals surface area contributed by atoms with E-state index in [2.05, 4.69) is 15.0 Å². The Labute approximate surface area is 199 Å². The predicted octanol–water partition coefficient (Wildman–Crippen LogP) is 2.59. The van der Waals surface area contributed by atoms with E-state index in [1.165, 1.54) is 6.33 Å². The highest BCUT2D eigenvalue weighted by Gasteiger charge is 2.44. The molecule has 0 bridgehead atoms. The Balaban J connectivity index is 1.34. The van der Waals surface area contributed by atoms with Gasteiger partial charge in [-0.25, -0.2) is 14.6 Å². The molecule has 2 aromatic carbocycles. The highest BCUT2D eigenvalue weighted by Crippen LogP contribution is 2.45. The third kappa shape index (κ3) is 4.50. The van der Waals surface area contributed by atoms with Crippen molar-refractivity contribution in [3.63, 3.8) is 0 Å². The minimum atomic E-state index is -0.439. The molecule has 0 spiro atoms. The summed E-state index contributed by atoms with van der Waals surface area (Å²) in [6.07, 6.45) is 2.16. The van der Waals surface area contributed by atoms with Gasteiger partial charge in [-0.1, -0.05) is 36.4 Å². The maximum atomic E-state index is 12.5. The number of benzene rings is 2. The summed E-state index contributed by atoms with van der Waals surface area (Å²) in [5.41, 5.74) is 6.77. The third-order valence-corrected chi connectivity index (χ3v) is 6.31. The quantitative estimate of drug-likeness (QED) is 0.390. The molecule has 178 valence electrons. The first-order valence-electron chi connectivity index (χ1n) is 11.2. The number of aromatic amines is 1. The zero-order valence-electron chi connectivity index (χ0n) is 18.7. The van der Waals surface area contributed by atoms with Crippen molar-refractivity contribution in [3.05, 3.63) is 88.5 Å². The number of carbonyl (C=O) groups excluding carboxylic acids is 2. The molecule has 3 atom stereocenters. The van der Waals surface area contributed by atoms with E-state index in [1.54, 1.807) is 53.1 Å². The van der Waals surface area contributed by atoms with Gasteiger partial charge in [0.05, 0.1) is 30.7 Å². The van der Waals surface area contributed by atoms with Crippen molar-refractivity contribution in [2.24, 2.45) is 11.8 Å². The largest absolute Gasteiger partial charge is 0.462 e. The van der Waals surface area contributed by atoms with Gasteiger partial charge in [-0.15, -0.1) is 0 Å². The van der Waals surface area contributed by atoms with E-state index in [-0.39, 0.29) is 42.6 Å². The third-order valence-electron chi connectivity index (χ3n) is 6.31. The summed E-state index contributed by atoms with van der Waals surface area (Å²) < 4.78 is 12.9. The van der Waals surface area contributed by atoms with Crippen LogP contribution in [-0.2, 0) is 9.47 Å². The van der Waals surface area contributed by atoms with E-state index in [9.17, 15) is 14.4 Å². The van der Waals surface area contributed by atoms with Crippen LogP contribution in [-0.4, -0.2) is 44.7 Å². The summed E-state index contributed by atoms with van der Waals surface area (Å²) in [4.78, 5) is 48.0. The molecule has 1 aliphatic carbocycles. The van der Waals surface area contributed by atoms with Gasteiger partial charge in [0, 0.05) is 17.9 Å². The van der Waals surface area contributed by atoms with Gasteiger partial charge in [0.15, 0.2) is 11.2 Å². The number of hydrogen-bond acceptors (Lipinski definition) is 8. The number of aromatic nitrogens is 4. The fraction of sp³-hybridized carbons (Fsp3) is 0.240. The predicted molar refractivity (Wildman–Crippen MR) is 127 cm³/mol. The Kier molecular flexibility index (Phi) is 6.01. The first-order valence-corrected chi connectivity index (χ1v) is 11.2. The Hall–Kier alpha value is -4.47. The maximum absolute atomic E-state index is 12.5. The number of imidazole rings is 1. The van der Waals surface area contributed by atoms with Crippen LogP contribution >= 0.6 is 0 Å². The van der Waals surface area contributed by atoms with Gasteiger partial charge < -0.3 is 19.8 Å². The lowest BCUT2D eigenvalue weighted by atomic mass is 9.69. The summed E-state index contributed by atoms with van der Waals surface area (Å²) in [5.74, 6) is -1.11. The van der Waals surface area contributed by atoms with Crippen LogP contribution in [0.15, 0.2) is 71.8 Å². The van der Waals surface area contributed by atoms with Gasteiger partial charge in [0.25, 0.3) is 5.56 Å². The fourth-order valence-electron chi connectivity index (χ4n) is 4.39. The van der Waals surface area contributed by atoms with Gasteiger partial charge in [-0.2, -0.15) is 4.98 Å². The second kappa shape index (κ2) is 9.41. The molecule has 10 nitrogen and oxygen atoms in total. The van der Waals surface area contributed by atoms with Crippen molar-refractivity contribution >= 4 is 29.1 Å². The number of nitrogens with one attached hydrogen (secondary N) is 1. The van der Waals surface area contributed by atoms with Crippen LogP contribution in [0.2, 0.25) is 0 Å². The molecule has 0 saturated heterocycles. The number of nitrogens with zero attached hydrogens (tertiary/aromatic N) is 3. The van der Waals surface area contributed by atoms with Crippen LogP contribution in [0.1, 0.15) is 33.2 Å². The number of hydrogen-bond donors (Lipinski definition) is 2. The van der Waals surface area contributed by atoms with Gasteiger partial charge in [-0.05, 0) is 30.7 Å². The monoisotopic (exact) mass is 473 g/mol. The maximum Gasteiger partial charge on any atom is 0.338 e. The molecule has 2 heterocycles. The molecular weight excluding hydrogens is 450 g/mol. The van der Waals surface area contributed by atoms with Crippen molar-refractivity contribution in [3.8, 4) is 0 Å². The number of esters is 2. The standard InChI is InChI=1S/C25H23N5O5/c26-25-28-21-20(22(31)29-25)27-14-30(21)19-11-17(12-34-23(32)15-7-3-1-4-8-15)18(19)13-35-24(33)16-9-5-2-6-10-16/h1-10,14,17-19H,11-13H2,(H3,26,28,29,31)/t17-,18-,19-/m1/s1. The number of nitrogens with two attached hydrogens (primary N) is 1. The lowest BCUT2D eigenvalue weighted by Crippen LogP contribution is -2.44. The van der Waals surface area contributed by atoms with E-state index in [4.69, 9.17) is 15.2 Å². The van der Waals surface area contributed by atoms with Crippen molar-refractivity contribution in [2.45, 2.75) is 12.5 Å². The zero-order valence-corrected chi connectivity index (χ0v) is 18.7. The highest BCUT2D eigenvalue weighted by atomic mass is 16.5.